The van der Waals surface area contributed by atoms with Gasteiger partial charge in [-0.25, -0.2) is 0 Å². The Hall–Kier alpha value is -2.86. The number of rotatable bonds is 6. The summed E-state index contributed by atoms with van der Waals surface area (Å²) in [6, 6.07) is 13.6. The quantitative estimate of drug-likeness (QED) is 0.705. The van der Waals surface area contributed by atoms with Crippen LogP contribution in [0.4, 0.5) is 0 Å². The largest absolute Gasteiger partial charge is 0.493 e. The Balaban J connectivity index is 1.45. The van der Waals surface area contributed by atoms with Gasteiger partial charge in [-0.3, -0.25) is 19.4 Å². The molecule has 29 heavy (non-hydrogen) atoms. The maximum atomic E-state index is 13.0. The number of amides is 2. The van der Waals surface area contributed by atoms with Gasteiger partial charge in [-0.1, -0.05) is 30.3 Å². The first kappa shape index (κ1) is 19.5. The fraction of sp³-hybridized carbons (Fsp3) is 0.391. The lowest BCUT2D eigenvalue weighted by Crippen LogP contribution is -2.44. The van der Waals surface area contributed by atoms with Crippen molar-refractivity contribution < 1.29 is 19.1 Å². The van der Waals surface area contributed by atoms with Crippen molar-refractivity contribution in [1.29, 1.82) is 0 Å². The molecule has 0 spiro atoms. The summed E-state index contributed by atoms with van der Waals surface area (Å²) in [7, 11) is 3.25. The van der Waals surface area contributed by atoms with Crippen LogP contribution in [0.1, 0.15) is 23.1 Å². The van der Waals surface area contributed by atoms with Crippen LogP contribution >= 0.6 is 0 Å². The van der Waals surface area contributed by atoms with Crippen LogP contribution in [-0.4, -0.2) is 55.0 Å². The molecular formula is C23H26N2O4. The van der Waals surface area contributed by atoms with Crippen LogP contribution in [0.25, 0.3) is 0 Å². The Morgan fingerprint density at radius 3 is 2.38 bits per heavy atom. The molecule has 0 N–H and O–H groups in total. The smallest absolute Gasteiger partial charge is 0.247 e. The minimum atomic E-state index is -0.375. The third kappa shape index (κ3) is 3.85. The second-order valence-corrected chi connectivity index (χ2v) is 7.54. The fourth-order valence-electron chi connectivity index (χ4n) is 4.24. The molecular weight excluding hydrogens is 368 g/mol. The topological polar surface area (TPSA) is 59.1 Å². The SMILES string of the molecule is COc1cc2c(cc1OC)CN(C1CC(=O)N(CCc3ccccc3)C1=O)CC2. The standard InChI is InChI=1S/C23H26N2O4/c1-28-20-12-17-9-10-24(15-18(17)13-21(20)29-2)19-14-22(26)25(23(19)27)11-8-16-6-4-3-5-7-16/h3-7,12-13,19H,8-11,14-15H2,1-2H3. The third-order valence-corrected chi connectivity index (χ3v) is 5.88. The molecule has 152 valence electrons. The predicted molar refractivity (Wildman–Crippen MR) is 109 cm³/mol. The van der Waals surface area contributed by atoms with Crippen LogP contribution in [0.3, 0.4) is 0 Å². The fourth-order valence-corrected chi connectivity index (χ4v) is 4.24. The average molecular weight is 394 g/mol. The number of hydrogen-bond donors (Lipinski definition) is 0. The van der Waals surface area contributed by atoms with E-state index in [9.17, 15) is 9.59 Å². The zero-order valence-electron chi connectivity index (χ0n) is 16.9. The van der Waals surface area contributed by atoms with Crippen LogP contribution < -0.4 is 9.47 Å². The maximum absolute atomic E-state index is 13.0. The van der Waals surface area contributed by atoms with E-state index < -0.39 is 0 Å². The summed E-state index contributed by atoms with van der Waals surface area (Å²) in [6.45, 7) is 1.82. The molecule has 2 aromatic rings. The second-order valence-electron chi connectivity index (χ2n) is 7.54. The Morgan fingerprint density at radius 2 is 1.69 bits per heavy atom. The van der Waals surface area contributed by atoms with E-state index >= 15 is 0 Å². The van der Waals surface area contributed by atoms with Gasteiger partial charge in [-0.15, -0.1) is 0 Å². The number of methoxy groups -OCH3 is 2. The lowest BCUT2D eigenvalue weighted by molar-refractivity contribution is -0.139. The molecule has 0 saturated carbocycles. The van der Waals surface area contributed by atoms with Gasteiger partial charge in [0.05, 0.1) is 26.7 Å². The Kier molecular flexibility index (Phi) is 5.53. The van der Waals surface area contributed by atoms with E-state index in [0.29, 0.717) is 25.3 Å². The molecule has 2 aliphatic heterocycles. The van der Waals surface area contributed by atoms with E-state index in [4.69, 9.17) is 9.47 Å². The predicted octanol–water partition coefficient (Wildman–Crippen LogP) is 2.43. The molecule has 4 rings (SSSR count). The molecule has 2 aliphatic rings. The van der Waals surface area contributed by atoms with Crippen LogP contribution in [0, 0.1) is 0 Å². The van der Waals surface area contributed by atoms with Crippen molar-refractivity contribution in [3.05, 3.63) is 59.2 Å². The molecule has 1 fully saturated rings. The van der Waals surface area contributed by atoms with Gasteiger partial charge in [-0.2, -0.15) is 0 Å². The lowest BCUT2D eigenvalue weighted by Gasteiger charge is -2.32. The number of ether oxygens (including phenoxy) is 2. The zero-order valence-corrected chi connectivity index (χ0v) is 16.9. The van der Waals surface area contributed by atoms with E-state index in [1.54, 1.807) is 14.2 Å². The highest BCUT2D eigenvalue weighted by molar-refractivity contribution is 6.05. The van der Waals surface area contributed by atoms with Crippen molar-refractivity contribution in [1.82, 2.24) is 9.80 Å². The number of hydrogen-bond acceptors (Lipinski definition) is 5. The number of carbonyl (C=O) groups is 2. The highest BCUT2D eigenvalue weighted by Crippen LogP contribution is 2.34. The molecule has 6 heteroatoms. The summed E-state index contributed by atoms with van der Waals surface area (Å²) >= 11 is 0. The van der Waals surface area contributed by atoms with Crippen molar-refractivity contribution in [2.24, 2.45) is 0 Å². The normalized spacial score (nSPS) is 19.4. The highest BCUT2D eigenvalue weighted by atomic mass is 16.5. The molecule has 2 heterocycles. The summed E-state index contributed by atoms with van der Waals surface area (Å²) in [5, 5.41) is 0. The first-order chi connectivity index (χ1) is 14.1. The first-order valence-electron chi connectivity index (χ1n) is 9.96. The number of benzene rings is 2. The van der Waals surface area contributed by atoms with E-state index in [1.165, 1.54) is 10.5 Å². The van der Waals surface area contributed by atoms with Gasteiger partial charge in [-0.05, 0) is 41.7 Å². The minimum absolute atomic E-state index is 0.0742. The number of nitrogens with zero attached hydrogens (tertiary/aromatic N) is 2. The van der Waals surface area contributed by atoms with E-state index in [-0.39, 0.29) is 24.3 Å². The molecule has 0 bridgehead atoms. The molecule has 1 saturated heterocycles. The third-order valence-electron chi connectivity index (χ3n) is 5.88. The monoisotopic (exact) mass is 394 g/mol. The molecule has 0 aliphatic carbocycles. The van der Waals surface area contributed by atoms with E-state index in [2.05, 4.69) is 4.90 Å². The van der Waals surface area contributed by atoms with Gasteiger partial charge in [0.2, 0.25) is 11.8 Å². The van der Waals surface area contributed by atoms with Crippen molar-refractivity contribution in [3.8, 4) is 11.5 Å². The summed E-state index contributed by atoms with van der Waals surface area (Å²) in [5.41, 5.74) is 3.46. The maximum Gasteiger partial charge on any atom is 0.247 e. The Labute approximate surface area is 171 Å². The van der Waals surface area contributed by atoms with Gasteiger partial charge in [0.25, 0.3) is 0 Å². The summed E-state index contributed by atoms with van der Waals surface area (Å²) in [4.78, 5) is 29.1. The molecule has 2 aromatic carbocycles. The second kappa shape index (κ2) is 8.25. The van der Waals surface area contributed by atoms with Crippen LogP contribution in [0.15, 0.2) is 42.5 Å². The van der Waals surface area contributed by atoms with Crippen LogP contribution in [0.5, 0.6) is 11.5 Å². The minimum Gasteiger partial charge on any atom is -0.493 e. The number of carbonyl (C=O) groups excluding carboxylic acids is 2. The molecule has 1 unspecified atom stereocenters. The number of fused-ring (bicyclic) bond motifs is 1. The molecule has 1 atom stereocenters. The van der Waals surface area contributed by atoms with Crippen molar-refractivity contribution >= 4 is 11.8 Å². The van der Waals surface area contributed by atoms with Gasteiger partial charge >= 0.3 is 0 Å². The molecule has 0 aromatic heterocycles. The van der Waals surface area contributed by atoms with Crippen molar-refractivity contribution in [2.45, 2.75) is 31.8 Å². The summed E-state index contributed by atoms with van der Waals surface area (Å²) in [5.74, 6) is 1.26. The van der Waals surface area contributed by atoms with Crippen LogP contribution in [-0.2, 0) is 29.0 Å². The van der Waals surface area contributed by atoms with E-state index in [1.807, 2.05) is 42.5 Å². The first-order valence-corrected chi connectivity index (χ1v) is 9.96. The van der Waals surface area contributed by atoms with Gasteiger partial charge < -0.3 is 9.47 Å². The number of imide groups is 1. The Morgan fingerprint density at radius 1 is 1.00 bits per heavy atom. The average Bonchev–Trinajstić information content (AvgIpc) is 3.04. The van der Waals surface area contributed by atoms with Crippen LogP contribution in [0.2, 0.25) is 0 Å². The number of likely N-dealkylation sites (tertiary alicyclic amines) is 1. The lowest BCUT2D eigenvalue weighted by atomic mass is 9.97. The molecule has 6 nitrogen and oxygen atoms in total. The van der Waals surface area contributed by atoms with Crippen molar-refractivity contribution in [2.75, 3.05) is 27.3 Å². The molecule has 0 radical (unpaired) electrons. The van der Waals surface area contributed by atoms with Gasteiger partial charge in [0.1, 0.15) is 0 Å². The Bertz CT molecular complexity index is 913. The zero-order chi connectivity index (χ0) is 20.4. The van der Waals surface area contributed by atoms with Gasteiger partial charge in [0, 0.05) is 19.6 Å². The highest BCUT2D eigenvalue weighted by Gasteiger charge is 2.42. The van der Waals surface area contributed by atoms with Crippen molar-refractivity contribution in [3.63, 3.8) is 0 Å². The summed E-state index contributed by atoms with van der Waals surface area (Å²) < 4.78 is 10.8. The van der Waals surface area contributed by atoms with Gasteiger partial charge in [0.15, 0.2) is 11.5 Å². The van der Waals surface area contributed by atoms with E-state index in [0.717, 1.165) is 29.8 Å². The summed E-state index contributed by atoms with van der Waals surface area (Å²) in [6.07, 6.45) is 1.76. The molecule has 2 amide bonds.